The summed E-state index contributed by atoms with van der Waals surface area (Å²) in [5.41, 5.74) is 6.42. The zero-order chi connectivity index (χ0) is 22.6. The third kappa shape index (κ3) is 6.36. The van der Waals surface area contributed by atoms with E-state index in [2.05, 4.69) is 10.0 Å². The minimum atomic E-state index is -3.23. The van der Waals surface area contributed by atoms with Crippen LogP contribution in [-0.4, -0.2) is 82.6 Å². The van der Waals surface area contributed by atoms with Crippen LogP contribution in [0.25, 0.3) is 0 Å². The van der Waals surface area contributed by atoms with Gasteiger partial charge < -0.3 is 25.6 Å². The van der Waals surface area contributed by atoms with Crippen molar-refractivity contribution >= 4 is 33.2 Å². The number of nitrogens with one attached hydrogen (secondary N) is 2. The highest BCUT2D eigenvalue weighted by molar-refractivity contribution is 7.88. The fourth-order valence-corrected chi connectivity index (χ4v) is 4.34. The molecular weight excluding hydrogens is 448 g/mol. The second-order valence-electron chi connectivity index (χ2n) is 7.83. The van der Waals surface area contributed by atoms with Crippen LogP contribution in [0.1, 0.15) is 23.2 Å². The lowest BCUT2D eigenvalue weighted by molar-refractivity contribution is 0.0231. The van der Waals surface area contributed by atoms with Crippen LogP contribution < -0.4 is 25.2 Å². The fraction of sp³-hybridized carbons (Fsp3) is 0.632. The molecule has 1 aromatic rings. The third-order valence-corrected chi connectivity index (χ3v) is 6.47. The van der Waals surface area contributed by atoms with E-state index < -0.39 is 16.1 Å². The number of likely N-dealkylation sites (tertiary alicyclic amines) is 1. The topological polar surface area (TPSA) is 143 Å². The van der Waals surface area contributed by atoms with E-state index in [1.165, 1.54) is 6.07 Å². The Balaban J connectivity index is 1.56. The highest BCUT2D eigenvalue weighted by Crippen LogP contribution is 2.43. The molecular formula is C19H29ClN4O6S. The summed E-state index contributed by atoms with van der Waals surface area (Å²) in [6.07, 6.45) is 1.80. The molecule has 2 heterocycles. The predicted molar refractivity (Wildman–Crippen MR) is 117 cm³/mol. The lowest BCUT2D eigenvalue weighted by Crippen LogP contribution is -2.49. The van der Waals surface area contributed by atoms with Gasteiger partial charge >= 0.3 is 0 Å². The number of β-amino-alcohol motifs (C(OH)–C–C–N with tert-alkyl or cyclic N) is 1. The summed E-state index contributed by atoms with van der Waals surface area (Å²) in [4.78, 5) is 14.8. The number of rotatable bonds is 7. The lowest BCUT2D eigenvalue weighted by Gasteiger charge is -2.36. The number of nitrogens with two attached hydrogens (primary N) is 1. The molecule has 0 aliphatic carbocycles. The number of fused-ring (bicyclic) bond motifs is 1. The first-order valence-electron chi connectivity index (χ1n) is 10.2. The van der Waals surface area contributed by atoms with Gasteiger partial charge in [-0.25, -0.2) is 13.1 Å². The smallest absolute Gasteiger partial charge is 0.255 e. The number of piperidine rings is 1. The summed E-state index contributed by atoms with van der Waals surface area (Å²) < 4.78 is 36.1. The SMILES string of the molecule is CS(=O)(=O)NCCN1CC[C@@H](CNC(=O)c2cc(N)c(Cl)c3c2OCCCO3)C(O)C1. The zero-order valence-electron chi connectivity index (χ0n) is 17.4. The number of benzene rings is 1. The predicted octanol–water partition coefficient (Wildman–Crippen LogP) is 0.0453. The van der Waals surface area contributed by atoms with Crippen molar-refractivity contribution in [1.29, 1.82) is 0 Å². The Morgan fingerprint density at radius 3 is 2.74 bits per heavy atom. The van der Waals surface area contributed by atoms with Crippen LogP contribution in [0.5, 0.6) is 11.5 Å². The van der Waals surface area contributed by atoms with Gasteiger partial charge in [-0.1, -0.05) is 11.6 Å². The molecule has 5 N–H and O–H groups in total. The Kier molecular flexibility index (Phi) is 7.87. The van der Waals surface area contributed by atoms with Crippen molar-refractivity contribution in [3.8, 4) is 11.5 Å². The Morgan fingerprint density at radius 1 is 1.35 bits per heavy atom. The highest BCUT2D eigenvalue weighted by Gasteiger charge is 2.29. The Labute approximate surface area is 187 Å². The van der Waals surface area contributed by atoms with Gasteiger partial charge in [0.1, 0.15) is 5.02 Å². The summed E-state index contributed by atoms with van der Waals surface area (Å²) >= 11 is 6.22. The molecule has 3 rings (SSSR count). The molecule has 1 unspecified atom stereocenters. The van der Waals surface area contributed by atoms with Crippen LogP contribution >= 0.6 is 11.6 Å². The van der Waals surface area contributed by atoms with Gasteiger partial charge in [0.15, 0.2) is 11.5 Å². The number of hydrogen-bond acceptors (Lipinski definition) is 8. The van der Waals surface area contributed by atoms with Crippen molar-refractivity contribution < 1.29 is 27.8 Å². The number of halogens is 1. The quantitative estimate of drug-likeness (QED) is 0.404. The highest BCUT2D eigenvalue weighted by atomic mass is 35.5. The number of amides is 1. The van der Waals surface area contributed by atoms with Crippen molar-refractivity contribution in [1.82, 2.24) is 14.9 Å². The molecule has 12 heteroatoms. The molecule has 1 amide bonds. The van der Waals surface area contributed by atoms with E-state index in [9.17, 15) is 18.3 Å². The summed E-state index contributed by atoms with van der Waals surface area (Å²) in [5.74, 6) is 0.0592. The van der Waals surface area contributed by atoms with Crippen molar-refractivity contribution in [2.75, 3.05) is 57.9 Å². The largest absolute Gasteiger partial charge is 0.489 e. The zero-order valence-corrected chi connectivity index (χ0v) is 19.0. The Morgan fingerprint density at radius 2 is 2.06 bits per heavy atom. The Bertz CT molecular complexity index is 913. The molecule has 0 bridgehead atoms. The maximum Gasteiger partial charge on any atom is 0.255 e. The number of sulfonamides is 1. The molecule has 1 fully saturated rings. The summed E-state index contributed by atoms with van der Waals surface area (Å²) in [6.45, 7) is 3.01. The first kappa shape index (κ1) is 23.9. The van der Waals surface area contributed by atoms with E-state index in [1.54, 1.807) is 0 Å². The first-order chi connectivity index (χ1) is 14.7. The third-order valence-electron chi connectivity index (χ3n) is 5.35. The summed E-state index contributed by atoms with van der Waals surface area (Å²) in [6, 6.07) is 1.47. The van der Waals surface area contributed by atoms with Crippen LogP contribution in [-0.2, 0) is 10.0 Å². The van der Waals surface area contributed by atoms with Gasteiger partial charge in [-0.2, -0.15) is 0 Å². The molecule has 0 radical (unpaired) electrons. The average molecular weight is 477 g/mol. The number of nitrogens with zero attached hydrogens (tertiary/aromatic N) is 1. The van der Waals surface area contributed by atoms with Crippen molar-refractivity contribution in [2.45, 2.75) is 18.9 Å². The van der Waals surface area contributed by atoms with E-state index in [1.807, 2.05) is 4.90 Å². The van der Waals surface area contributed by atoms with E-state index in [0.717, 1.165) is 6.26 Å². The molecule has 2 atom stereocenters. The number of hydrogen-bond donors (Lipinski definition) is 4. The number of anilines is 1. The second-order valence-corrected chi connectivity index (χ2v) is 10.0. The van der Waals surface area contributed by atoms with E-state index in [-0.39, 0.29) is 52.7 Å². The first-order valence-corrected chi connectivity index (χ1v) is 12.4. The molecule has 1 saturated heterocycles. The maximum absolute atomic E-state index is 12.8. The molecule has 2 aliphatic rings. The van der Waals surface area contributed by atoms with Crippen molar-refractivity contribution in [2.24, 2.45) is 5.92 Å². The fourth-order valence-electron chi connectivity index (χ4n) is 3.68. The van der Waals surface area contributed by atoms with Gasteiger partial charge in [0.2, 0.25) is 10.0 Å². The van der Waals surface area contributed by atoms with Crippen LogP contribution in [0, 0.1) is 5.92 Å². The number of aliphatic hydroxyl groups is 1. The van der Waals surface area contributed by atoms with Crippen LogP contribution in [0.2, 0.25) is 5.02 Å². The number of carbonyl (C=O) groups excluding carboxylic acids is 1. The number of carbonyl (C=O) groups is 1. The van der Waals surface area contributed by atoms with Gasteiger partial charge in [-0.05, 0) is 19.0 Å². The molecule has 10 nitrogen and oxygen atoms in total. The van der Waals surface area contributed by atoms with Crippen LogP contribution in [0.15, 0.2) is 6.07 Å². The van der Waals surface area contributed by atoms with E-state index in [4.69, 9.17) is 26.8 Å². The monoisotopic (exact) mass is 476 g/mol. The van der Waals surface area contributed by atoms with Gasteiger partial charge in [0, 0.05) is 38.5 Å². The number of ether oxygens (including phenoxy) is 2. The van der Waals surface area contributed by atoms with Gasteiger partial charge in [0.25, 0.3) is 5.91 Å². The molecule has 31 heavy (non-hydrogen) atoms. The Hall–Kier alpha value is -1.79. The molecule has 0 saturated carbocycles. The number of aliphatic hydroxyl groups excluding tert-OH is 1. The molecule has 1 aromatic carbocycles. The van der Waals surface area contributed by atoms with E-state index in [0.29, 0.717) is 45.7 Å². The van der Waals surface area contributed by atoms with Gasteiger partial charge in [0.05, 0.1) is 36.8 Å². The van der Waals surface area contributed by atoms with Crippen molar-refractivity contribution in [3.05, 3.63) is 16.7 Å². The van der Waals surface area contributed by atoms with E-state index >= 15 is 0 Å². The molecule has 174 valence electrons. The van der Waals surface area contributed by atoms with Crippen LogP contribution in [0.3, 0.4) is 0 Å². The molecule has 0 spiro atoms. The normalized spacial score (nSPS) is 22.0. The maximum atomic E-state index is 12.8. The van der Waals surface area contributed by atoms with Crippen molar-refractivity contribution in [3.63, 3.8) is 0 Å². The minimum Gasteiger partial charge on any atom is -0.489 e. The standard InChI is InChI=1S/C19H29ClN4O6S/c1-31(27,28)23-4-6-24-5-3-12(15(25)11-24)10-22-19(26)13-9-14(21)16(20)18-17(13)29-7-2-8-30-18/h9,12,15,23,25H,2-8,10-11,21H2,1H3,(H,22,26)/t12-,15?/m0/s1. The molecule has 0 aromatic heterocycles. The second kappa shape index (κ2) is 10.2. The number of nitrogen functional groups attached to an aromatic ring is 1. The summed E-state index contributed by atoms with van der Waals surface area (Å²) in [7, 11) is -3.23. The summed E-state index contributed by atoms with van der Waals surface area (Å²) in [5, 5.41) is 13.6. The lowest BCUT2D eigenvalue weighted by atomic mass is 9.93. The molecule has 2 aliphatic heterocycles. The minimum absolute atomic E-state index is 0.122. The van der Waals surface area contributed by atoms with Gasteiger partial charge in [-0.3, -0.25) is 9.69 Å². The average Bonchev–Trinajstić information content (AvgIpc) is 2.95. The van der Waals surface area contributed by atoms with Gasteiger partial charge in [-0.15, -0.1) is 0 Å². The van der Waals surface area contributed by atoms with Crippen LogP contribution in [0.4, 0.5) is 5.69 Å².